The third kappa shape index (κ3) is 4.02. The van der Waals surface area contributed by atoms with Gasteiger partial charge >= 0.3 is 6.03 Å². The molecule has 2 aromatic rings. The summed E-state index contributed by atoms with van der Waals surface area (Å²) < 4.78 is 10.3. The van der Waals surface area contributed by atoms with Gasteiger partial charge in [0.25, 0.3) is 0 Å². The lowest BCUT2D eigenvalue weighted by atomic mass is 9.94. The molecule has 2 rings (SSSR count). The largest absolute Gasteiger partial charge is 0.497 e. The van der Waals surface area contributed by atoms with Crippen LogP contribution in [0.4, 0.5) is 4.79 Å². The van der Waals surface area contributed by atoms with E-state index in [2.05, 4.69) is 10.6 Å². The molecule has 0 aliphatic carbocycles. The Labute approximate surface area is 124 Å². The molecule has 0 fully saturated rings. The fourth-order valence-corrected chi connectivity index (χ4v) is 1.99. The van der Waals surface area contributed by atoms with E-state index in [1.807, 2.05) is 44.2 Å². The third-order valence-corrected chi connectivity index (χ3v) is 3.24. The molecule has 112 valence electrons. The van der Waals surface area contributed by atoms with E-state index >= 15 is 0 Å². The predicted octanol–water partition coefficient (Wildman–Crippen LogP) is 3.02. The molecule has 2 N–H and O–H groups in total. The molecule has 5 heteroatoms. The summed E-state index contributed by atoms with van der Waals surface area (Å²) in [4.78, 5) is 12.0. The number of urea groups is 1. The molecule has 1 aromatic carbocycles. The molecule has 2 amide bonds. The Morgan fingerprint density at radius 1 is 1.24 bits per heavy atom. The number of benzene rings is 1. The van der Waals surface area contributed by atoms with Crippen molar-refractivity contribution in [3.8, 4) is 5.75 Å². The summed E-state index contributed by atoms with van der Waals surface area (Å²) in [6, 6.07) is 11.0. The fraction of sp³-hybridized carbons (Fsp3) is 0.312. The van der Waals surface area contributed by atoms with Crippen LogP contribution in [-0.4, -0.2) is 13.1 Å². The van der Waals surface area contributed by atoms with Crippen LogP contribution in [0.25, 0.3) is 0 Å². The summed E-state index contributed by atoms with van der Waals surface area (Å²) in [6.07, 6.45) is 1.58. The molecule has 1 aromatic heterocycles. The van der Waals surface area contributed by atoms with E-state index in [0.29, 0.717) is 12.3 Å². The van der Waals surface area contributed by atoms with Gasteiger partial charge in [0.1, 0.15) is 11.5 Å². The summed E-state index contributed by atoms with van der Waals surface area (Å²) in [5, 5.41) is 5.70. The van der Waals surface area contributed by atoms with Crippen molar-refractivity contribution in [2.45, 2.75) is 25.9 Å². The molecule has 5 nitrogen and oxygen atoms in total. The molecule has 0 aliphatic heterocycles. The first-order valence-electron chi connectivity index (χ1n) is 6.74. The molecule has 0 saturated carbocycles. The van der Waals surface area contributed by atoms with Gasteiger partial charge < -0.3 is 19.8 Å². The van der Waals surface area contributed by atoms with E-state index in [9.17, 15) is 4.79 Å². The maximum Gasteiger partial charge on any atom is 0.315 e. The second-order valence-corrected chi connectivity index (χ2v) is 5.24. The summed E-state index contributed by atoms with van der Waals surface area (Å²) in [5.41, 5.74) is 0.510. The van der Waals surface area contributed by atoms with Crippen LogP contribution in [0.2, 0.25) is 0 Å². The molecular formula is C16H20N2O3. The van der Waals surface area contributed by atoms with Crippen LogP contribution >= 0.6 is 0 Å². The number of furan rings is 1. The number of nitrogens with one attached hydrogen (secondary N) is 2. The number of rotatable bonds is 5. The van der Waals surface area contributed by atoms with Gasteiger partial charge in [0.05, 0.1) is 25.5 Å². The molecule has 21 heavy (non-hydrogen) atoms. The number of hydrogen-bond donors (Lipinski definition) is 2. The van der Waals surface area contributed by atoms with Crippen LogP contribution in [0.5, 0.6) is 5.75 Å². The molecule has 0 aliphatic rings. The highest BCUT2D eigenvalue weighted by molar-refractivity contribution is 5.74. The first-order valence-corrected chi connectivity index (χ1v) is 6.74. The molecular weight excluding hydrogens is 268 g/mol. The fourth-order valence-electron chi connectivity index (χ4n) is 1.99. The zero-order valence-electron chi connectivity index (χ0n) is 12.5. The van der Waals surface area contributed by atoms with Crippen molar-refractivity contribution in [1.82, 2.24) is 10.6 Å². The summed E-state index contributed by atoms with van der Waals surface area (Å²) >= 11 is 0. The zero-order chi connectivity index (χ0) is 15.3. The van der Waals surface area contributed by atoms with Crippen molar-refractivity contribution in [3.63, 3.8) is 0 Å². The zero-order valence-corrected chi connectivity index (χ0v) is 12.5. The molecule has 0 unspecified atom stereocenters. The quantitative estimate of drug-likeness (QED) is 0.889. The van der Waals surface area contributed by atoms with Gasteiger partial charge in [-0.15, -0.1) is 0 Å². The van der Waals surface area contributed by atoms with E-state index in [0.717, 1.165) is 11.3 Å². The Morgan fingerprint density at radius 2 is 1.95 bits per heavy atom. The standard InChI is InChI=1S/C16H20N2O3/c1-16(2,12-6-8-13(20-3)9-7-12)18-15(19)17-11-14-5-4-10-21-14/h4-10H,11H2,1-3H3,(H2,17,18,19). The topological polar surface area (TPSA) is 63.5 Å². The van der Waals surface area contributed by atoms with Gasteiger partial charge in [-0.3, -0.25) is 0 Å². The Morgan fingerprint density at radius 3 is 2.52 bits per heavy atom. The lowest BCUT2D eigenvalue weighted by Crippen LogP contribution is -2.46. The minimum Gasteiger partial charge on any atom is -0.497 e. The van der Waals surface area contributed by atoms with Crippen molar-refractivity contribution in [1.29, 1.82) is 0 Å². The summed E-state index contributed by atoms with van der Waals surface area (Å²) in [7, 11) is 1.63. The second-order valence-electron chi connectivity index (χ2n) is 5.24. The molecule has 0 spiro atoms. The monoisotopic (exact) mass is 288 g/mol. The number of methoxy groups -OCH3 is 1. The number of carbonyl (C=O) groups is 1. The molecule has 0 saturated heterocycles. The highest BCUT2D eigenvalue weighted by Crippen LogP contribution is 2.22. The summed E-state index contributed by atoms with van der Waals surface area (Å²) in [6.45, 7) is 4.25. The van der Waals surface area contributed by atoms with Crippen molar-refractivity contribution in [3.05, 3.63) is 54.0 Å². The maximum atomic E-state index is 12.0. The van der Waals surface area contributed by atoms with Crippen LogP contribution in [0.3, 0.4) is 0 Å². The molecule has 1 heterocycles. The lowest BCUT2D eigenvalue weighted by Gasteiger charge is -2.27. The van der Waals surface area contributed by atoms with E-state index in [1.165, 1.54) is 0 Å². The smallest absolute Gasteiger partial charge is 0.315 e. The van der Waals surface area contributed by atoms with Crippen LogP contribution in [0, 0.1) is 0 Å². The van der Waals surface area contributed by atoms with Gasteiger partial charge in [-0.25, -0.2) is 4.79 Å². The van der Waals surface area contributed by atoms with Crippen LogP contribution in [0.15, 0.2) is 47.1 Å². The average molecular weight is 288 g/mol. The second kappa shape index (κ2) is 6.35. The van der Waals surface area contributed by atoms with Crippen LogP contribution < -0.4 is 15.4 Å². The van der Waals surface area contributed by atoms with E-state index in [1.54, 1.807) is 19.4 Å². The number of hydrogen-bond acceptors (Lipinski definition) is 3. The number of ether oxygens (including phenoxy) is 1. The molecule has 0 bridgehead atoms. The van der Waals surface area contributed by atoms with Gasteiger partial charge in [-0.05, 0) is 43.7 Å². The maximum absolute atomic E-state index is 12.0. The van der Waals surface area contributed by atoms with Gasteiger partial charge in [-0.2, -0.15) is 0 Å². The first kappa shape index (κ1) is 15.0. The predicted molar refractivity (Wildman–Crippen MR) is 80.1 cm³/mol. The van der Waals surface area contributed by atoms with Crippen LogP contribution in [0.1, 0.15) is 25.2 Å². The van der Waals surface area contributed by atoms with Crippen molar-refractivity contribution < 1.29 is 13.9 Å². The minimum absolute atomic E-state index is 0.243. The Bertz CT molecular complexity index is 574. The molecule has 0 radical (unpaired) electrons. The Hall–Kier alpha value is -2.43. The van der Waals surface area contributed by atoms with Gasteiger partial charge in [-0.1, -0.05) is 12.1 Å². The third-order valence-electron chi connectivity index (χ3n) is 3.24. The SMILES string of the molecule is COc1ccc(C(C)(C)NC(=O)NCc2ccco2)cc1. The van der Waals surface area contributed by atoms with Gasteiger partial charge in [0.2, 0.25) is 0 Å². The van der Waals surface area contributed by atoms with Gasteiger partial charge in [0.15, 0.2) is 0 Å². The lowest BCUT2D eigenvalue weighted by molar-refractivity contribution is 0.228. The number of amides is 2. The molecule has 0 atom stereocenters. The van der Waals surface area contributed by atoms with Crippen molar-refractivity contribution in [2.75, 3.05) is 7.11 Å². The number of carbonyl (C=O) groups excluding carboxylic acids is 1. The van der Waals surface area contributed by atoms with Crippen LogP contribution in [-0.2, 0) is 12.1 Å². The van der Waals surface area contributed by atoms with Gasteiger partial charge in [0, 0.05) is 0 Å². The van der Waals surface area contributed by atoms with Crippen molar-refractivity contribution >= 4 is 6.03 Å². The summed E-state index contributed by atoms with van der Waals surface area (Å²) in [5.74, 6) is 1.50. The average Bonchev–Trinajstić information content (AvgIpc) is 2.98. The van der Waals surface area contributed by atoms with E-state index < -0.39 is 5.54 Å². The highest BCUT2D eigenvalue weighted by atomic mass is 16.5. The van der Waals surface area contributed by atoms with Crippen molar-refractivity contribution in [2.24, 2.45) is 0 Å². The Kier molecular flexibility index (Phi) is 4.52. The Balaban J connectivity index is 1.93. The highest BCUT2D eigenvalue weighted by Gasteiger charge is 2.22. The van der Waals surface area contributed by atoms with E-state index in [4.69, 9.17) is 9.15 Å². The first-order chi connectivity index (χ1) is 10.0. The normalized spacial score (nSPS) is 11.0. The van der Waals surface area contributed by atoms with E-state index in [-0.39, 0.29) is 6.03 Å². The minimum atomic E-state index is -0.487.